The molecule has 0 saturated heterocycles. The normalized spacial score (nSPS) is 31.0. The van der Waals surface area contributed by atoms with Gasteiger partial charge in [-0.3, -0.25) is 4.79 Å². The first-order valence-electron chi connectivity index (χ1n) is 9.18. The van der Waals surface area contributed by atoms with E-state index < -0.39 is 23.3 Å². The summed E-state index contributed by atoms with van der Waals surface area (Å²) in [5.74, 6) is -0.478. The molecule has 0 aliphatic heterocycles. The number of rotatable bonds is 6. The van der Waals surface area contributed by atoms with E-state index in [1.54, 1.807) is 6.07 Å². The number of alkyl halides is 1. The van der Waals surface area contributed by atoms with Gasteiger partial charge in [0.25, 0.3) is 5.91 Å². The van der Waals surface area contributed by atoms with Gasteiger partial charge in [-0.15, -0.1) is 0 Å². The minimum absolute atomic E-state index is 0.191. The second-order valence-corrected chi connectivity index (χ2v) is 9.37. The highest BCUT2D eigenvalue weighted by molar-refractivity contribution is 6.29. The fourth-order valence-electron chi connectivity index (χ4n) is 4.42. The van der Waals surface area contributed by atoms with Crippen LogP contribution in [0, 0.1) is 5.41 Å². The van der Waals surface area contributed by atoms with Crippen molar-refractivity contribution in [2.45, 2.75) is 69.9 Å². The van der Waals surface area contributed by atoms with Gasteiger partial charge in [0, 0.05) is 12.2 Å². The van der Waals surface area contributed by atoms with Crippen molar-refractivity contribution in [3.63, 3.8) is 0 Å². The molecule has 0 bridgehead atoms. The van der Waals surface area contributed by atoms with Crippen molar-refractivity contribution in [3.8, 4) is 0 Å². The number of amides is 1. The van der Waals surface area contributed by atoms with Crippen LogP contribution in [0.3, 0.4) is 0 Å². The number of aliphatic hydroxyl groups is 2. The van der Waals surface area contributed by atoms with Gasteiger partial charge in [0.05, 0.1) is 29.0 Å². The lowest BCUT2D eigenvalue weighted by molar-refractivity contribution is -0.154. The van der Waals surface area contributed by atoms with Gasteiger partial charge in [-0.1, -0.05) is 11.6 Å². The first-order chi connectivity index (χ1) is 12.4. The summed E-state index contributed by atoms with van der Waals surface area (Å²) in [4.78, 5) is 16.4. The van der Waals surface area contributed by atoms with Crippen LogP contribution in [0.2, 0.25) is 5.15 Å². The Hall–Kier alpha value is -1.44. The molecule has 8 heteroatoms. The number of carbonyl (C=O) groups is 1. The standard InChI is InChI=1S/C19H27ClFN3O3/c1-17(2,26)14(21)8-23-16(25)12-7-22-15(20)4-13(12)24-11-5-19(6-11)9-18(3,27)10-19/h4,7,11,14,26-27H,5-6,8-10H2,1-3H3,(H,22,24)(H,23,25)/t11?,14-,18?,19?/m1/s1. The number of nitrogens with one attached hydrogen (secondary N) is 2. The van der Waals surface area contributed by atoms with Crippen molar-refractivity contribution in [2.75, 3.05) is 11.9 Å². The molecule has 6 nitrogen and oxygen atoms in total. The van der Waals surface area contributed by atoms with Crippen LogP contribution in [0.15, 0.2) is 12.3 Å². The molecular weight excluding hydrogens is 373 g/mol. The van der Waals surface area contributed by atoms with E-state index in [4.69, 9.17) is 11.6 Å². The number of pyridine rings is 1. The molecule has 0 radical (unpaired) electrons. The second-order valence-electron chi connectivity index (χ2n) is 8.98. The monoisotopic (exact) mass is 399 g/mol. The van der Waals surface area contributed by atoms with Gasteiger partial charge in [0.2, 0.25) is 0 Å². The summed E-state index contributed by atoms with van der Waals surface area (Å²) in [7, 11) is 0. The van der Waals surface area contributed by atoms with Crippen LogP contribution in [-0.2, 0) is 0 Å². The van der Waals surface area contributed by atoms with E-state index in [1.807, 2.05) is 6.92 Å². The average Bonchev–Trinajstić information content (AvgIpc) is 2.47. The molecule has 1 spiro atoms. The molecule has 0 aromatic carbocycles. The minimum Gasteiger partial charge on any atom is -0.390 e. The molecule has 2 aliphatic rings. The third-order valence-electron chi connectivity index (χ3n) is 5.55. The van der Waals surface area contributed by atoms with Crippen molar-refractivity contribution in [1.82, 2.24) is 10.3 Å². The highest BCUT2D eigenvalue weighted by atomic mass is 35.5. The van der Waals surface area contributed by atoms with E-state index in [9.17, 15) is 19.4 Å². The largest absolute Gasteiger partial charge is 0.390 e. The minimum atomic E-state index is -1.59. The zero-order valence-electron chi connectivity index (χ0n) is 15.9. The van der Waals surface area contributed by atoms with Crippen molar-refractivity contribution < 1.29 is 19.4 Å². The number of aromatic nitrogens is 1. The summed E-state index contributed by atoms with van der Waals surface area (Å²) >= 11 is 5.98. The van der Waals surface area contributed by atoms with Gasteiger partial charge in [0.15, 0.2) is 0 Å². The maximum atomic E-state index is 13.9. The van der Waals surface area contributed by atoms with Crippen molar-refractivity contribution in [1.29, 1.82) is 0 Å². The second kappa shape index (κ2) is 6.87. The maximum Gasteiger partial charge on any atom is 0.255 e. The number of hydrogen-bond donors (Lipinski definition) is 4. The Morgan fingerprint density at radius 3 is 2.67 bits per heavy atom. The van der Waals surface area contributed by atoms with Gasteiger partial charge >= 0.3 is 0 Å². The van der Waals surface area contributed by atoms with Crippen LogP contribution in [-0.4, -0.2) is 51.1 Å². The molecule has 1 aromatic heterocycles. The quantitative estimate of drug-likeness (QED) is 0.552. The first-order valence-corrected chi connectivity index (χ1v) is 9.56. The third kappa shape index (κ3) is 4.52. The van der Waals surface area contributed by atoms with Crippen LogP contribution in [0.5, 0.6) is 0 Å². The van der Waals surface area contributed by atoms with Crippen molar-refractivity contribution in [3.05, 3.63) is 23.0 Å². The lowest BCUT2D eigenvalue weighted by Crippen LogP contribution is -2.59. The SMILES string of the molecule is CC1(O)CC2(CC(Nc3cc(Cl)ncc3C(=O)NC[C@@H](F)C(C)(C)O)C2)C1. The Balaban J connectivity index is 1.61. The fourth-order valence-corrected chi connectivity index (χ4v) is 4.58. The molecule has 1 heterocycles. The van der Waals surface area contributed by atoms with E-state index in [1.165, 1.54) is 20.0 Å². The number of nitrogens with zero attached hydrogens (tertiary/aromatic N) is 1. The Morgan fingerprint density at radius 1 is 1.48 bits per heavy atom. The van der Waals surface area contributed by atoms with Crippen LogP contribution >= 0.6 is 11.6 Å². The molecule has 1 amide bonds. The molecule has 4 N–H and O–H groups in total. The number of hydrogen-bond acceptors (Lipinski definition) is 5. The van der Waals surface area contributed by atoms with Gasteiger partial charge in [0.1, 0.15) is 11.3 Å². The predicted molar refractivity (Wildman–Crippen MR) is 102 cm³/mol. The highest BCUT2D eigenvalue weighted by Crippen LogP contribution is 2.60. The Labute approximate surface area is 163 Å². The molecule has 0 unspecified atom stereocenters. The zero-order valence-corrected chi connectivity index (χ0v) is 16.6. The fraction of sp³-hybridized carbons (Fsp3) is 0.684. The summed E-state index contributed by atoms with van der Waals surface area (Å²) in [6, 6.07) is 1.78. The van der Waals surface area contributed by atoms with Gasteiger partial charge in [-0.25, -0.2) is 9.37 Å². The van der Waals surface area contributed by atoms with E-state index in [-0.39, 0.29) is 28.7 Å². The van der Waals surface area contributed by atoms with Gasteiger partial charge in [-0.05, 0) is 57.9 Å². The Morgan fingerprint density at radius 2 is 2.11 bits per heavy atom. The summed E-state index contributed by atoms with van der Waals surface area (Å²) in [5, 5.41) is 25.7. The molecule has 2 aliphatic carbocycles. The van der Waals surface area contributed by atoms with Gasteiger partial charge in [-0.2, -0.15) is 0 Å². The first kappa shape index (κ1) is 20.3. The van der Waals surface area contributed by atoms with Crippen LogP contribution in [0.1, 0.15) is 56.8 Å². The van der Waals surface area contributed by atoms with Crippen LogP contribution < -0.4 is 10.6 Å². The van der Waals surface area contributed by atoms with E-state index in [0.29, 0.717) is 5.69 Å². The van der Waals surface area contributed by atoms with E-state index in [0.717, 1.165) is 25.7 Å². The Bertz CT molecular complexity index is 719. The zero-order chi connectivity index (χ0) is 20.0. The molecule has 2 saturated carbocycles. The smallest absolute Gasteiger partial charge is 0.255 e. The summed E-state index contributed by atoms with van der Waals surface area (Å²) < 4.78 is 13.9. The highest BCUT2D eigenvalue weighted by Gasteiger charge is 2.57. The molecular formula is C19H27ClFN3O3. The van der Waals surface area contributed by atoms with E-state index >= 15 is 0 Å². The maximum absolute atomic E-state index is 13.9. The van der Waals surface area contributed by atoms with Crippen LogP contribution in [0.25, 0.3) is 0 Å². The molecule has 27 heavy (non-hydrogen) atoms. The summed E-state index contributed by atoms with van der Waals surface area (Å²) in [6.07, 6.45) is 3.23. The predicted octanol–water partition coefficient (Wildman–Crippen LogP) is 2.68. The van der Waals surface area contributed by atoms with Gasteiger partial charge < -0.3 is 20.8 Å². The summed E-state index contributed by atoms with van der Waals surface area (Å²) in [6.45, 7) is 4.26. The number of halogens is 2. The molecule has 1 aromatic rings. The van der Waals surface area contributed by atoms with E-state index in [2.05, 4.69) is 15.6 Å². The number of carbonyl (C=O) groups excluding carboxylic acids is 1. The molecule has 3 rings (SSSR count). The number of anilines is 1. The molecule has 1 atom stereocenters. The summed E-state index contributed by atoms with van der Waals surface area (Å²) in [5.41, 5.74) is -1.05. The lowest BCUT2D eigenvalue weighted by atomic mass is 9.48. The Kier molecular flexibility index (Phi) is 5.16. The lowest BCUT2D eigenvalue weighted by Gasteiger charge is -2.60. The van der Waals surface area contributed by atoms with Crippen molar-refractivity contribution in [2.24, 2.45) is 5.41 Å². The van der Waals surface area contributed by atoms with Crippen molar-refractivity contribution >= 4 is 23.2 Å². The van der Waals surface area contributed by atoms with Crippen LogP contribution in [0.4, 0.5) is 10.1 Å². The topological polar surface area (TPSA) is 94.5 Å². The average molecular weight is 400 g/mol. The molecule has 150 valence electrons. The third-order valence-corrected chi connectivity index (χ3v) is 5.76. The molecule has 2 fully saturated rings.